The molecule has 0 radical (unpaired) electrons. The van der Waals surface area contributed by atoms with Gasteiger partial charge >= 0.3 is 0 Å². The van der Waals surface area contributed by atoms with Crippen LogP contribution in [0.15, 0.2) is 24.3 Å². The van der Waals surface area contributed by atoms with E-state index in [4.69, 9.17) is 0 Å². The molecule has 2 heterocycles. The standard InChI is InChI=1S/C23H35N3O/c1-3-24(2)23(27)20-9-6-12-26(17-20)21-10-13-25(14-11-21)22-15-18-7-4-5-8-19(18)16-22/h4-5,7-8,20-22H,3,6,9-17H2,1-2H3. The topological polar surface area (TPSA) is 26.8 Å². The van der Waals surface area contributed by atoms with E-state index < -0.39 is 0 Å². The third-order valence-corrected chi connectivity index (χ3v) is 7.21. The average molecular weight is 370 g/mol. The van der Waals surface area contributed by atoms with Gasteiger partial charge in [-0.3, -0.25) is 14.6 Å². The van der Waals surface area contributed by atoms with E-state index in [0.29, 0.717) is 18.0 Å². The van der Waals surface area contributed by atoms with Gasteiger partial charge in [0, 0.05) is 32.2 Å². The molecule has 0 saturated carbocycles. The molecule has 1 aromatic carbocycles. The fraction of sp³-hybridized carbons (Fsp3) is 0.696. The summed E-state index contributed by atoms with van der Waals surface area (Å²) in [4.78, 5) is 19.8. The molecular formula is C23H35N3O. The first kappa shape index (κ1) is 18.9. The molecule has 4 nitrogen and oxygen atoms in total. The number of carbonyl (C=O) groups excluding carboxylic acids is 1. The number of nitrogens with zero attached hydrogens (tertiary/aromatic N) is 3. The number of hydrogen-bond donors (Lipinski definition) is 0. The highest BCUT2D eigenvalue weighted by Crippen LogP contribution is 2.30. The van der Waals surface area contributed by atoms with Crippen molar-refractivity contribution < 1.29 is 4.79 Å². The predicted octanol–water partition coefficient (Wildman–Crippen LogP) is 2.81. The number of rotatable bonds is 4. The summed E-state index contributed by atoms with van der Waals surface area (Å²) in [6.07, 6.45) is 7.22. The normalized spacial score (nSPS) is 25.5. The van der Waals surface area contributed by atoms with E-state index in [1.54, 1.807) is 11.1 Å². The number of fused-ring (bicyclic) bond motifs is 1. The van der Waals surface area contributed by atoms with E-state index in [0.717, 1.165) is 19.5 Å². The molecule has 0 N–H and O–H groups in total. The molecule has 4 heteroatoms. The van der Waals surface area contributed by atoms with Gasteiger partial charge in [0.2, 0.25) is 5.91 Å². The minimum absolute atomic E-state index is 0.214. The van der Waals surface area contributed by atoms with Gasteiger partial charge in [-0.2, -0.15) is 0 Å². The fourth-order valence-corrected chi connectivity index (χ4v) is 5.42. The quantitative estimate of drug-likeness (QED) is 0.817. The van der Waals surface area contributed by atoms with Crippen molar-refractivity contribution in [2.24, 2.45) is 5.92 Å². The van der Waals surface area contributed by atoms with Crippen molar-refractivity contribution in [3.05, 3.63) is 35.4 Å². The van der Waals surface area contributed by atoms with Gasteiger partial charge in [-0.05, 0) is 76.2 Å². The lowest BCUT2D eigenvalue weighted by Crippen LogP contribution is -2.52. The van der Waals surface area contributed by atoms with E-state index in [9.17, 15) is 4.79 Å². The first-order valence-corrected chi connectivity index (χ1v) is 11.0. The number of likely N-dealkylation sites (tertiary alicyclic amines) is 2. The highest BCUT2D eigenvalue weighted by Gasteiger charge is 2.34. The van der Waals surface area contributed by atoms with Crippen molar-refractivity contribution in [3.8, 4) is 0 Å². The van der Waals surface area contributed by atoms with E-state index in [-0.39, 0.29) is 5.92 Å². The van der Waals surface area contributed by atoms with E-state index >= 15 is 0 Å². The molecule has 2 fully saturated rings. The lowest BCUT2D eigenvalue weighted by molar-refractivity contribution is -0.136. The SMILES string of the molecule is CCN(C)C(=O)C1CCCN(C2CCN(C3Cc4ccccc4C3)CC2)C1. The summed E-state index contributed by atoms with van der Waals surface area (Å²) in [6.45, 7) is 7.47. The molecule has 0 spiro atoms. The van der Waals surface area contributed by atoms with Crippen LogP contribution in [0.25, 0.3) is 0 Å². The van der Waals surface area contributed by atoms with Crippen LogP contribution in [0.4, 0.5) is 0 Å². The van der Waals surface area contributed by atoms with Gasteiger partial charge in [-0.1, -0.05) is 24.3 Å². The second-order valence-corrected chi connectivity index (χ2v) is 8.78. The predicted molar refractivity (Wildman–Crippen MR) is 110 cm³/mol. The van der Waals surface area contributed by atoms with Crippen LogP contribution in [0, 0.1) is 5.92 Å². The first-order valence-electron chi connectivity index (χ1n) is 11.0. The van der Waals surface area contributed by atoms with E-state index in [2.05, 4.69) is 41.0 Å². The Morgan fingerprint density at radius 3 is 2.30 bits per heavy atom. The molecule has 0 aromatic heterocycles. The maximum atomic E-state index is 12.6. The molecule has 1 aliphatic carbocycles. The zero-order chi connectivity index (χ0) is 18.8. The molecule has 2 aliphatic heterocycles. The second kappa shape index (κ2) is 8.32. The largest absolute Gasteiger partial charge is 0.346 e. The van der Waals surface area contributed by atoms with Crippen LogP contribution >= 0.6 is 0 Å². The Morgan fingerprint density at radius 1 is 1.00 bits per heavy atom. The molecule has 27 heavy (non-hydrogen) atoms. The zero-order valence-electron chi connectivity index (χ0n) is 17.1. The summed E-state index contributed by atoms with van der Waals surface area (Å²) in [5.41, 5.74) is 3.11. The summed E-state index contributed by atoms with van der Waals surface area (Å²) in [6, 6.07) is 10.3. The second-order valence-electron chi connectivity index (χ2n) is 8.78. The zero-order valence-corrected chi connectivity index (χ0v) is 17.1. The molecular weight excluding hydrogens is 334 g/mol. The Bertz CT molecular complexity index is 628. The molecule has 148 valence electrons. The third-order valence-electron chi connectivity index (χ3n) is 7.21. The van der Waals surface area contributed by atoms with Crippen molar-refractivity contribution in [1.82, 2.24) is 14.7 Å². The van der Waals surface area contributed by atoms with E-state index in [1.807, 2.05) is 11.9 Å². The lowest BCUT2D eigenvalue weighted by atomic mass is 9.92. The first-order chi connectivity index (χ1) is 13.2. The monoisotopic (exact) mass is 369 g/mol. The molecule has 2 saturated heterocycles. The van der Waals surface area contributed by atoms with Crippen LogP contribution < -0.4 is 0 Å². The van der Waals surface area contributed by atoms with Gasteiger partial charge in [0.1, 0.15) is 0 Å². The molecule has 4 rings (SSSR count). The number of benzene rings is 1. The number of amides is 1. The van der Waals surface area contributed by atoms with Crippen LogP contribution in [0.5, 0.6) is 0 Å². The van der Waals surface area contributed by atoms with Gasteiger partial charge in [0.05, 0.1) is 5.92 Å². The average Bonchev–Trinajstić information content (AvgIpc) is 3.17. The van der Waals surface area contributed by atoms with Crippen LogP contribution in [0.1, 0.15) is 43.7 Å². The van der Waals surface area contributed by atoms with Crippen LogP contribution in [-0.4, -0.2) is 72.5 Å². The summed E-state index contributed by atoms with van der Waals surface area (Å²) < 4.78 is 0. The van der Waals surface area contributed by atoms with Crippen LogP contribution in [0.3, 0.4) is 0 Å². The molecule has 1 aromatic rings. The lowest BCUT2D eigenvalue weighted by Gasteiger charge is -2.43. The number of hydrogen-bond acceptors (Lipinski definition) is 3. The Balaban J connectivity index is 1.29. The highest BCUT2D eigenvalue weighted by atomic mass is 16.2. The summed E-state index contributed by atoms with van der Waals surface area (Å²) >= 11 is 0. The van der Waals surface area contributed by atoms with Crippen LogP contribution in [-0.2, 0) is 17.6 Å². The summed E-state index contributed by atoms with van der Waals surface area (Å²) in [7, 11) is 1.94. The molecule has 0 bridgehead atoms. The van der Waals surface area contributed by atoms with Crippen molar-refractivity contribution in [2.75, 3.05) is 39.8 Å². The maximum absolute atomic E-state index is 12.6. The smallest absolute Gasteiger partial charge is 0.226 e. The number of piperidine rings is 2. The number of carbonyl (C=O) groups is 1. The van der Waals surface area contributed by atoms with Crippen LogP contribution in [0.2, 0.25) is 0 Å². The molecule has 1 unspecified atom stereocenters. The maximum Gasteiger partial charge on any atom is 0.226 e. The van der Waals surface area contributed by atoms with Gasteiger partial charge < -0.3 is 4.90 Å². The van der Waals surface area contributed by atoms with Crippen molar-refractivity contribution in [3.63, 3.8) is 0 Å². The van der Waals surface area contributed by atoms with Crippen molar-refractivity contribution >= 4 is 5.91 Å². The van der Waals surface area contributed by atoms with Crippen molar-refractivity contribution in [2.45, 2.75) is 57.5 Å². The Hall–Kier alpha value is -1.39. The fourth-order valence-electron chi connectivity index (χ4n) is 5.42. The summed E-state index contributed by atoms with van der Waals surface area (Å²) in [5, 5.41) is 0. The van der Waals surface area contributed by atoms with Gasteiger partial charge in [-0.25, -0.2) is 0 Å². The third kappa shape index (κ3) is 4.07. The Morgan fingerprint density at radius 2 is 1.67 bits per heavy atom. The minimum Gasteiger partial charge on any atom is -0.346 e. The Kier molecular flexibility index (Phi) is 5.84. The molecule has 1 atom stereocenters. The summed E-state index contributed by atoms with van der Waals surface area (Å²) in [5.74, 6) is 0.564. The molecule has 1 amide bonds. The molecule has 3 aliphatic rings. The minimum atomic E-state index is 0.214. The van der Waals surface area contributed by atoms with Gasteiger partial charge in [-0.15, -0.1) is 0 Å². The Labute approximate surface area is 164 Å². The van der Waals surface area contributed by atoms with E-state index in [1.165, 1.54) is 51.7 Å². The van der Waals surface area contributed by atoms with Gasteiger partial charge in [0.15, 0.2) is 0 Å². The van der Waals surface area contributed by atoms with Gasteiger partial charge in [0.25, 0.3) is 0 Å². The van der Waals surface area contributed by atoms with Crippen molar-refractivity contribution in [1.29, 1.82) is 0 Å². The highest BCUT2D eigenvalue weighted by molar-refractivity contribution is 5.78.